The lowest BCUT2D eigenvalue weighted by atomic mass is 10.1. The van der Waals surface area contributed by atoms with Gasteiger partial charge in [-0.1, -0.05) is 38.1 Å². The highest BCUT2D eigenvalue weighted by molar-refractivity contribution is 5.23. The lowest BCUT2D eigenvalue weighted by Gasteiger charge is -2.18. The second-order valence-corrected chi connectivity index (χ2v) is 4.25. The lowest BCUT2D eigenvalue weighted by Crippen LogP contribution is -2.31. The SMILES string of the molecule is CCN(CC)CCNCc1ccc(C(F)F)cc1. The number of alkyl halides is 2. The smallest absolute Gasteiger partial charge is 0.263 e. The Morgan fingerprint density at radius 2 is 1.72 bits per heavy atom. The maximum absolute atomic E-state index is 12.4. The van der Waals surface area contributed by atoms with Gasteiger partial charge in [-0.3, -0.25) is 0 Å². The fourth-order valence-electron chi connectivity index (χ4n) is 1.79. The van der Waals surface area contributed by atoms with Gasteiger partial charge in [0, 0.05) is 25.2 Å². The maximum Gasteiger partial charge on any atom is 0.263 e. The van der Waals surface area contributed by atoms with Gasteiger partial charge < -0.3 is 10.2 Å². The molecule has 1 aromatic rings. The molecule has 18 heavy (non-hydrogen) atoms. The van der Waals surface area contributed by atoms with Crippen molar-refractivity contribution >= 4 is 0 Å². The zero-order valence-corrected chi connectivity index (χ0v) is 11.1. The molecule has 0 heterocycles. The van der Waals surface area contributed by atoms with E-state index in [-0.39, 0.29) is 5.56 Å². The number of likely N-dealkylation sites (N-methyl/N-ethyl adjacent to an activating group) is 1. The van der Waals surface area contributed by atoms with Crippen LogP contribution in [0.1, 0.15) is 31.4 Å². The topological polar surface area (TPSA) is 15.3 Å². The average Bonchev–Trinajstić information content (AvgIpc) is 2.39. The van der Waals surface area contributed by atoms with Crippen molar-refractivity contribution in [3.8, 4) is 0 Å². The molecule has 4 heteroatoms. The quantitative estimate of drug-likeness (QED) is 0.719. The van der Waals surface area contributed by atoms with Crippen LogP contribution >= 0.6 is 0 Å². The van der Waals surface area contributed by atoms with E-state index in [0.29, 0.717) is 0 Å². The van der Waals surface area contributed by atoms with E-state index < -0.39 is 6.43 Å². The molecule has 102 valence electrons. The summed E-state index contributed by atoms with van der Waals surface area (Å²) in [6, 6.07) is 6.50. The van der Waals surface area contributed by atoms with Crippen molar-refractivity contribution in [2.24, 2.45) is 0 Å². The van der Waals surface area contributed by atoms with Gasteiger partial charge in [0.05, 0.1) is 0 Å². The van der Waals surface area contributed by atoms with Crippen LogP contribution in [0.15, 0.2) is 24.3 Å². The van der Waals surface area contributed by atoms with E-state index in [1.54, 1.807) is 12.1 Å². The molecule has 0 aliphatic heterocycles. The molecule has 0 aromatic heterocycles. The largest absolute Gasteiger partial charge is 0.311 e. The zero-order valence-electron chi connectivity index (χ0n) is 11.1. The summed E-state index contributed by atoms with van der Waals surface area (Å²) < 4.78 is 24.7. The lowest BCUT2D eigenvalue weighted by molar-refractivity contribution is 0.151. The van der Waals surface area contributed by atoms with Crippen molar-refractivity contribution in [2.45, 2.75) is 26.8 Å². The van der Waals surface area contributed by atoms with Gasteiger partial charge in [-0.05, 0) is 18.7 Å². The van der Waals surface area contributed by atoms with Crippen LogP contribution in [0.2, 0.25) is 0 Å². The fourth-order valence-corrected chi connectivity index (χ4v) is 1.79. The van der Waals surface area contributed by atoms with Crippen LogP contribution in [0.25, 0.3) is 0 Å². The van der Waals surface area contributed by atoms with E-state index in [2.05, 4.69) is 24.1 Å². The van der Waals surface area contributed by atoms with Gasteiger partial charge in [0.2, 0.25) is 0 Å². The summed E-state index contributed by atoms with van der Waals surface area (Å²) in [4.78, 5) is 2.34. The van der Waals surface area contributed by atoms with Gasteiger partial charge >= 0.3 is 0 Å². The second kappa shape index (κ2) is 8.16. The molecule has 0 saturated carbocycles. The summed E-state index contributed by atoms with van der Waals surface area (Å²) >= 11 is 0. The second-order valence-electron chi connectivity index (χ2n) is 4.25. The first-order chi connectivity index (χ1) is 8.67. The Kier molecular flexibility index (Phi) is 6.83. The van der Waals surface area contributed by atoms with Crippen molar-refractivity contribution in [3.63, 3.8) is 0 Å². The number of hydrogen-bond donors (Lipinski definition) is 1. The molecular formula is C14H22F2N2. The number of nitrogens with zero attached hydrogens (tertiary/aromatic N) is 1. The molecule has 0 atom stereocenters. The molecule has 0 aliphatic rings. The van der Waals surface area contributed by atoms with Crippen LogP contribution < -0.4 is 5.32 Å². The number of rotatable bonds is 8. The Morgan fingerprint density at radius 1 is 1.11 bits per heavy atom. The zero-order chi connectivity index (χ0) is 13.4. The van der Waals surface area contributed by atoms with Crippen LogP contribution in [0.4, 0.5) is 8.78 Å². The first-order valence-electron chi connectivity index (χ1n) is 6.47. The number of nitrogens with one attached hydrogen (secondary N) is 1. The van der Waals surface area contributed by atoms with Crippen LogP contribution in [-0.2, 0) is 6.54 Å². The average molecular weight is 256 g/mol. The van der Waals surface area contributed by atoms with E-state index in [1.807, 2.05) is 0 Å². The fraction of sp³-hybridized carbons (Fsp3) is 0.571. The van der Waals surface area contributed by atoms with E-state index >= 15 is 0 Å². The van der Waals surface area contributed by atoms with E-state index in [9.17, 15) is 8.78 Å². The van der Waals surface area contributed by atoms with Crippen LogP contribution in [0.3, 0.4) is 0 Å². The minimum Gasteiger partial charge on any atom is -0.311 e. The number of halogens is 2. The third kappa shape index (κ3) is 5.10. The predicted octanol–water partition coefficient (Wildman–Crippen LogP) is 3.06. The third-order valence-electron chi connectivity index (χ3n) is 3.06. The standard InChI is InChI=1S/C14H22F2N2/c1-3-18(4-2)10-9-17-11-12-5-7-13(8-6-12)14(15)16/h5-8,14,17H,3-4,9-11H2,1-2H3. The Bertz CT molecular complexity index is 321. The summed E-state index contributed by atoms with van der Waals surface area (Å²) in [5, 5.41) is 3.32. The monoisotopic (exact) mass is 256 g/mol. The van der Waals surface area contributed by atoms with Crippen LogP contribution in [0, 0.1) is 0 Å². The van der Waals surface area contributed by atoms with Crippen molar-refractivity contribution < 1.29 is 8.78 Å². The van der Waals surface area contributed by atoms with Gasteiger partial charge in [0.15, 0.2) is 0 Å². The van der Waals surface area contributed by atoms with Gasteiger partial charge in [0.1, 0.15) is 0 Å². The first kappa shape index (κ1) is 15.1. The summed E-state index contributed by atoms with van der Waals surface area (Å²) in [7, 11) is 0. The van der Waals surface area contributed by atoms with Gasteiger partial charge in [-0.15, -0.1) is 0 Å². The summed E-state index contributed by atoms with van der Waals surface area (Å²) in [6.07, 6.45) is -2.38. The van der Waals surface area contributed by atoms with Crippen molar-refractivity contribution in [2.75, 3.05) is 26.2 Å². The highest BCUT2D eigenvalue weighted by Crippen LogP contribution is 2.18. The first-order valence-corrected chi connectivity index (χ1v) is 6.47. The molecule has 0 amide bonds. The molecule has 0 saturated heterocycles. The minimum atomic E-state index is -2.38. The molecule has 0 fully saturated rings. The molecule has 1 N–H and O–H groups in total. The van der Waals surface area contributed by atoms with E-state index in [4.69, 9.17) is 0 Å². The highest BCUT2D eigenvalue weighted by Gasteiger charge is 2.05. The van der Waals surface area contributed by atoms with Gasteiger partial charge in [-0.25, -0.2) is 8.78 Å². The van der Waals surface area contributed by atoms with E-state index in [1.165, 1.54) is 12.1 Å². The molecule has 0 radical (unpaired) electrons. The Balaban J connectivity index is 2.27. The molecule has 1 rings (SSSR count). The molecule has 0 aliphatic carbocycles. The van der Waals surface area contributed by atoms with E-state index in [0.717, 1.165) is 38.3 Å². The number of benzene rings is 1. The third-order valence-corrected chi connectivity index (χ3v) is 3.06. The predicted molar refractivity (Wildman–Crippen MR) is 70.9 cm³/mol. The molecular weight excluding hydrogens is 234 g/mol. The Morgan fingerprint density at radius 3 is 2.22 bits per heavy atom. The van der Waals surface area contributed by atoms with Crippen LogP contribution in [-0.4, -0.2) is 31.1 Å². The van der Waals surface area contributed by atoms with Crippen LogP contribution in [0.5, 0.6) is 0 Å². The molecule has 0 spiro atoms. The van der Waals surface area contributed by atoms with Gasteiger partial charge in [-0.2, -0.15) is 0 Å². The molecule has 1 aromatic carbocycles. The van der Waals surface area contributed by atoms with Crippen molar-refractivity contribution in [1.82, 2.24) is 10.2 Å². The Hall–Kier alpha value is -1.00. The summed E-state index contributed by atoms with van der Waals surface area (Å²) in [5.41, 5.74) is 1.13. The number of hydrogen-bond acceptors (Lipinski definition) is 2. The molecule has 0 bridgehead atoms. The van der Waals surface area contributed by atoms with Crippen molar-refractivity contribution in [3.05, 3.63) is 35.4 Å². The minimum absolute atomic E-state index is 0.0851. The molecule has 2 nitrogen and oxygen atoms in total. The Labute approximate surface area is 108 Å². The van der Waals surface area contributed by atoms with Crippen molar-refractivity contribution in [1.29, 1.82) is 0 Å². The normalized spacial score (nSPS) is 11.4. The maximum atomic E-state index is 12.4. The highest BCUT2D eigenvalue weighted by atomic mass is 19.3. The summed E-state index contributed by atoms with van der Waals surface area (Å²) in [5.74, 6) is 0. The molecule has 0 unspecified atom stereocenters. The van der Waals surface area contributed by atoms with Gasteiger partial charge in [0.25, 0.3) is 6.43 Å². The summed E-state index contributed by atoms with van der Waals surface area (Å²) in [6.45, 7) is 9.06.